The van der Waals surface area contributed by atoms with Crippen LogP contribution in [0.15, 0.2) is 24.3 Å². The Balaban J connectivity index is 2.06. The van der Waals surface area contributed by atoms with Crippen molar-refractivity contribution >= 4 is 16.7 Å². The molecule has 1 amide bonds. The maximum absolute atomic E-state index is 13.6. The van der Waals surface area contributed by atoms with Gasteiger partial charge in [-0.2, -0.15) is 0 Å². The monoisotopic (exact) mass is 325 g/mol. The zero-order valence-electron chi connectivity index (χ0n) is 13.1. The van der Waals surface area contributed by atoms with Gasteiger partial charge in [0.2, 0.25) is 5.91 Å². The number of carbonyl (C=O) groups excluding carboxylic acids is 1. The number of halogens is 1. The van der Waals surface area contributed by atoms with Crippen LogP contribution >= 0.6 is 0 Å². The molecule has 122 valence electrons. The highest BCUT2D eigenvalue weighted by molar-refractivity contribution is 7.84. The molecule has 1 aromatic rings. The summed E-state index contributed by atoms with van der Waals surface area (Å²) in [6.45, 7) is 0.533. The van der Waals surface area contributed by atoms with E-state index < -0.39 is 10.8 Å². The quantitative estimate of drug-likeness (QED) is 0.874. The maximum Gasteiger partial charge on any atom is 0.220 e. The second-order valence-electron chi connectivity index (χ2n) is 6.16. The molecule has 0 heterocycles. The molecule has 1 saturated carbocycles. The lowest BCUT2D eigenvalue weighted by Crippen LogP contribution is -2.42. The van der Waals surface area contributed by atoms with Crippen LogP contribution in [0.3, 0.4) is 0 Å². The third-order valence-corrected chi connectivity index (χ3v) is 5.27. The number of rotatable bonds is 6. The zero-order chi connectivity index (χ0) is 16.0. The summed E-state index contributed by atoms with van der Waals surface area (Å²) in [6, 6.07) is 6.75. The molecule has 0 spiro atoms. The standard InChI is InChI=1S/C17H24FNO2S/c1-22(21)11-8-16(20)19-13-17(9-3-2-4-10-17)14-6-5-7-15(18)12-14/h5-7,12H,2-4,8-11,13H2,1H3,(H,19,20)/t22-/m0/s1. The number of nitrogens with one attached hydrogen (secondary N) is 1. The molecule has 22 heavy (non-hydrogen) atoms. The first kappa shape index (κ1) is 17.1. The Morgan fingerprint density at radius 2 is 2.05 bits per heavy atom. The number of carbonyl (C=O) groups is 1. The summed E-state index contributed by atoms with van der Waals surface area (Å²) in [4.78, 5) is 11.9. The molecule has 1 fully saturated rings. The number of hydrogen-bond acceptors (Lipinski definition) is 2. The van der Waals surface area contributed by atoms with Crippen LogP contribution in [0.1, 0.15) is 44.1 Å². The van der Waals surface area contributed by atoms with Crippen LogP contribution in [0.25, 0.3) is 0 Å². The first-order valence-electron chi connectivity index (χ1n) is 7.85. The van der Waals surface area contributed by atoms with Gasteiger partial charge in [-0.15, -0.1) is 0 Å². The first-order valence-corrected chi connectivity index (χ1v) is 9.57. The summed E-state index contributed by atoms with van der Waals surface area (Å²) in [5.41, 5.74) is 0.813. The fourth-order valence-electron chi connectivity index (χ4n) is 3.21. The van der Waals surface area contributed by atoms with Gasteiger partial charge in [0.05, 0.1) is 0 Å². The van der Waals surface area contributed by atoms with E-state index in [1.165, 1.54) is 12.5 Å². The van der Waals surface area contributed by atoms with E-state index in [9.17, 15) is 13.4 Å². The molecule has 0 radical (unpaired) electrons. The summed E-state index contributed by atoms with van der Waals surface area (Å²) in [7, 11) is -0.954. The summed E-state index contributed by atoms with van der Waals surface area (Å²) in [5.74, 6) is 0.0884. The molecule has 2 rings (SSSR count). The largest absolute Gasteiger partial charge is 0.355 e. The molecule has 0 aromatic heterocycles. The zero-order valence-corrected chi connectivity index (χ0v) is 13.9. The molecule has 1 aromatic carbocycles. The Kier molecular flexibility index (Phi) is 6.12. The van der Waals surface area contributed by atoms with Crippen LogP contribution in [0.5, 0.6) is 0 Å². The predicted molar refractivity (Wildman–Crippen MR) is 87.7 cm³/mol. The fraction of sp³-hybridized carbons (Fsp3) is 0.588. The molecule has 0 saturated heterocycles. The number of benzene rings is 1. The summed E-state index contributed by atoms with van der Waals surface area (Å²) in [6.07, 6.45) is 7.22. The van der Waals surface area contributed by atoms with Crippen molar-refractivity contribution in [2.24, 2.45) is 0 Å². The lowest BCUT2D eigenvalue weighted by molar-refractivity contribution is -0.121. The number of amides is 1. The topological polar surface area (TPSA) is 46.2 Å². The fourth-order valence-corrected chi connectivity index (χ4v) is 3.68. The predicted octanol–water partition coefficient (Wildman–Crippen LogP) is 2.91. The molecule has 1 aliphatic rings. The van der Waals surface area contributed by atoms with Crippen LogP contribution in [0.4, 0.5) is 4.39 Å². The van der Waals surface area contributed by atoms with Crippen molar-refractivity contribution in [2.75, 3.05) is 18.6 Å². The van der Waals surface area contributed by atoms with Crippen LogP contribution in [0, 0.1) is 5.82 Å². The average molecular weight is 325 g/mol. The van der Waals surface area contributed by atoms with E-state index in [2.05, 4.69) is 5.32 Å². The maximum atomic E-state index is 13.6. The van der Waals surface area contributed by atoms with Crippen molar-refractivity contribution in [3.8, 4) is 0 Å². The van der Waals surface area contributed by atoms with Crippen LogP contribution in [0.2, 0.25) is 0 Å². The van der Waals surface area contributed by atoms with Gasteiger partial charge < -0.3 is 5.32 Å². The molecule has 1 N–H and O–H groups in total. The average Bonchev–Trinajstić information content (AvgIpc) is 2.52. The van der Waals surface area contributed by atoms with E-state index in [4.69, 9.17) is 0 Å². The van der Waals surface area contributed by atoms with E-state index in [1.807, 2.05) is 6.07 Å². The first-order chi connectivity index (χ1) is 10.5. The van der Waals surface area contributed by atoms with Gasteiger partial charge in [0.15, 0.2) is 0 Å². The Morgan fingerprint density at radius 1 is 1.32 bits per heavy atom. The van der Waals surface area contributed by atoms with E-state index >= 15 is 0 Å². The van der Waals surface area contributed by atoms with Crippen molar-refractivity contribution in [1.29, 1.82) is 0 Å². The highest BCUT2D eigenvalue weighted by Crippen LogP contribution is 2.39. The van der Waals surface area contributed by atoms with Gasteiger partial charge >= 0.3 is 0 Å². The highest BCUT2D eigenvalue weighted by atomic mass is 32.2. The Bertz CT molecular complexity index is 541. The van der Waals surface area contributed by atoms with E-state index in [0.717, 1.165) is 31.2 Å². The lowest BCUT2D eigenvalue weighted by Gasteiger charge is -2.38. The van der Waals surface area contributed by atoms with Gasteiger partial charge in [0.25, 0.3) is 0 Å². The van der Waals surface area contributed by atoms with Gasteiger partial charge in [-0.25, -0.2) is 4.39 Å². The molecule has 1 aliphatic carbocycles. The molecular formula is C17H24FNO2S. The van der Waals surface area contributed by atoms with Crippen molar-refractivity contribution in [3.05, 3.63) is 35.6 Å². The van der Waals surface area contributed by atoms with Crippen molar-refractivity contribution in [3.63, 3.8) is 0 Å². The van der Waals surface area contributed by atoms with Gasteiger partial charge in [-0.05, 0) is 30.5 Å². The van der Waals surface area contributed by atoms with Crippen molar-refractivity contribution in [2.45, 2.75) is 43.9 Å². The van der Waals surface area contributed by atoms with Crippen LogP contribution in [-0.4, -0.2) is 28.7 Å². The molecular weight excluding hydrogens is 301 g/mol. The summed E-state index contributed by atoms with van der Waals surface area (Å²) >= 11 is 0. The summed E-state index contributed by atoms with van der Waals surface area (Å²) in [5, 5.41) is 2.97. The van der Waals surface area contributed by atoms with Gasteiger partial charge in [-0.3, -0.25) is 9.00 Å². The summed E-state index contributed by atoms with van der Waals surface area (Å²) < 4.78 is 24.6. The molecule has 0 aliphatic heterocycles. The Hall–Kier alpha value is -1.23. The molecule has 3 nitrogen and oxygen atoms in total. The van der Waals surface area contributed by atoms with Gasteiger partial charge in [-0.1, -0.05) is 31.4 Å². The smallest absolute Gasteiger partial charge is 0.220 e. The molecule has 0 bridgehead atoms. The van der Waals surface area contributed by atoms with Gasteiger partial charge in [0, 0.05) is 41.2 Å². The minimum absolute atomic E-state index is 0.0726. The Morgan fingerprint density at radius 3 is 2.68 bits per heavy atom. The number of hydrogen-bond donors (Lipinski definition) is 1. The normalized spacial score (nSPS) is 18.6. The third-order valence-electron chi connectivity index (χ3n) is 4.49. The van der Waals surface area contributed by atoms with E-state index in [1.54, 1.807) is 18.4 Å². The van der Waals surface area contributed by atoms with Gasteiger partial charge in [0.1, 0.15) is 5.82 Å². The second-order valence-corrected chi connectivity index (χ2v) is 7.71. The van der Waals surface area contributed by atoms with Crippen molar-refractivity contribution in [1.82, 2.24) is 5.32 Å². The van der Waals surface area contributed by atoms with E-state index in [0.29, 0.717) is 12.3 Å². The minimum Gasteiger partial charge on any atom is -0.355 e. The minimum atomic E-state index is -0.954. The Labute approximate surface area is 134 Å². The highest BCUT2D eigenvalue weighted by Gasteiger charge is 2.34. The SMILES string of the molecule is C[S@](=O)CCC(=O)NCC1(c2cccc(F)c2)CCCCC1. The second kappa shape index (κ2) is 7.86. The molecule has 5 heteroatoms. The molecule has 1 atom stereocenters. The third kappa shape index (κ3) is 4.63. The van der Waals surface area contributed by atoms with Crippen LogP contribution < -0.4 is 5.32 Å². The van der Waals surface area contributed by atoms with E-state index in [-0.39, 0.29) is 23.6 Å². The van der Waals surface area contributed by atoms with Crippen molar-refractivity contribution < 1.29 is 13.4 Å². The van der Waals surface area contributed by atoms with Crippen LogP contribution in [-0.2, 0) is 21.0 Å². The lowest BCUT2D eigenvalue weighted by atomic mass is 9.69. The molecule has 0 unspecified atom stereocenters.